The van der Waals surface area contributed by atoms with Crippen molar-refractivity contribution in [3.63, 3.8) is 0 Å². The van der Waals surface area contributed by atoms with Crippen LogP contribution in [-0.2, 0) is 13.1 Å². The lowest BCUT2D eigenvalue weighted by Gasteiger charge is -2.25. The number of nitrogens with zero attached hydrogens (tertiary/aromatic N) is 1. The van der Waals surface area contributed by atoms with E-state index in [9.17, 15) is 0 Å². The zero-order valence-electron chi connectivity index (χ0n) is 11.9. The van der Waals surface area contributed by atoms with Gasteiger partial charge in [-0.1, -0.05) is 30.3 Å². The Labute approximate surface area is 120 Å². The smallest absolute Gasteiger partial charge is 0.0413 e. The van der Waals surface area contributed by atoms with Crippen LogP contribution in [0.2, 0.25) is 0 Å². The van der Waals surface area contributed by atoms with E-state index in [1.54, 1.807) is 0 Å². The van der Waals surface area contributed by atoms with Crippen molar-refractivity contribution in [3.05, 3.63) is 57.8 Å². The molecule has 0 fully saturated rings. The summed E-state index contributed by atoms with van der Waals surface area (Å²) < 4.78 is 0. The van der Waals surface area contributed by atoms with Crippen LogP contribution in [0.5, 0.6) is 0 Å². The van der Waals surface area contributed by atoms with Gasteiger partial charge >= 0.3 is 0 Å². The largest absolute Gasteiger partial charge is 0.316 e. The van der Waals surface area contributed by atoms with Gasteiger partial charge in [0.2, 0.25) is 0 Å². The highest BCUT2D eigenvalue weighted by Gasteiger charge is 2.13. The Bertz CT molecular complexity index is 493. The molecule has 3 heteroatoms. The molecule has 0 saturated heterocycles. The maximum Gasteiger partial charge on any atom is 0.0413 e. The molecule has 0 bridgehead atoms. The van der Waals surface area contributed by atoms with E-state index in [4.69, 9.17) is 0 Å². The normalized spacial score (nSPS) is 12.8. The van der Waals surface area contributed by atoms with E-state index >= 15 is 0 Å². The highest BCUT2D eigenvalue weighted by atomic mass is 32.1. The van der Waals surface area contributed by atoms with Crippen LogP contribution < -0.4 is 5.32 Å². The lowest BCUT2D eigenvalue weighted by Crippen LogP contribution is -2.22. The minimum Gasteiger partial charge on any atom is -0.316 e. The summed E-state index contributed by atoms with van der Waals surface area (Å²) in [4.78, 5) is 3.83. The molecule has 0 amide bonds. The molecule has 1 aromatic carbocycles. The van der Waals surface area contributed by atoms with E-state index in [0.717, 1.165) is 13.1 Å². The van der Waals surface area contributed by atoms with Gasteiger partial charge in [-0.05, 0) is 43.6 Å². The van der Waals surface area contributed by atoms with Gasteiger partial charge in [0.1, 0.15) is 0 Å². The van der Waals surface area contributed by atoms with Crippen molar-refractivity contribution in [3.8, 4) is 0 Å². The molecular formula is C16H22N2S. The second kappa shape index (κ2) is 6.85. The summed E-state index contributed by atoms with van der Waals surface area (Å²) in [5.74, 6) is 0. The van der Waals surface area contributed by atoms with Crippen LogP contribution >= 0.6 is 11.3 Å². The Hall–Kier alpha value is -1.16. The first-order valence-electron chi connectivity index (χ1n) is 6.67. The van der Waals surface area contributed by atoms with Gasteiger partial charge in [-0.2, -0.15) is 0 Å². The number of benzene rings is 1. The minimum atomic E-state index is 0.461. The Morgan fingerprint density at radius 1 is 1.16 bits per heavy atom. The van der Waals surface area contributed by atoms with E-state index in [-0.39, 0.29) is 0 Å². The Kier molecular flexibility index (Phi) is 5.14. The van der Waals surface area contributed by atoms with Gasteiger partial charge in [-0.15, -0.1) is 11.3 Å². The fraction of sp³-hybridized carbons (Fsp3) is 0.375. The third-order valence-electron chi connectivity index (χ3n) is 3.52. The second-order valence-electron chi connectivity index (χ2n) is 4.91. The first-order valence-corrected chi connectivity index (χ1v) is 7.55. The van der Waals surface area contributed by atoms with Gasteiger partial charge in [0.15, 0.2) is 0 Å². The lowest BCUT2D eigenvalue weighted by molar-refractivity contribution is 0.255. The molecule has 1 N–H and O–H groups in total. The Balaban J connectivity index is 2.08. The first kappa shape index (κ1) is 14.3. The average molecular weight is 274 g/mol. The SMILES string of the molecule is CNCc1ccccc1CN(C)C(C)c1cccs1. The van der Waals surface area contributed by atoms with Crippen LogP contribution in [0.15, 0.2) is 41.8 Å². The molecule has 0 aliphatic carbocycles. The van der Waals surface area contributed by atoms with Crippen LogP contribution in [0.25, 0.3) is 0 Å². The van der Waals surface area contributed by atoms with Gasteiger partial charge in [0.25, 0.3) is 0 Å². The van der Waals surface area contributed by atoms with Crippen LogP contribution in [0.4, 0.5) is 0 Å². The van der Waals surface area contributed by atoms with Gasteiger partial charge in [-0.25, -0.2) is 0 Å². The molecule has 1 heterocycles. The van der Waals surface area contributed by atoms with Crippen molar-refractivity contribution < 1.29 is 0 Å². The summed E-state index contributed by atoms with van der Waals surface area (Å²) in [7, 11) is 4.19. The quantitative estimate of drug-likeness (QED) is 0.865. The summed E-state index contributed by atoms with van der Waals surface area (Å²) in [6, 6.07) is 13.5. The number of rotatable bonds is 6. The third kappa shape index (κ3) is 3.66. The third-order valence-corrected chi connectivity index (χ3v) is 4.56. The maximum absolute atomic E-state index is 3.24. The maximum atomic E-state index is 3.24. The van der Waals surface area contributed by atoms with Gasteiger partial charge in [-0.3, -0.25) is 4.90 Å². The molecule has 1 aromatic heterocycles. The number of hydrogen-bond donors (Lipinski definition) is 1. The predicted octanol–water partition coefficient (Wildman–Crippen LogP) is 3.66. The van der Waals surface area contributed by atoms with Crippen molar-refractivity contribution in [2.45, 2.75) is 26.1 Å². The van der Waals surface area contributed by atoms with Crippen molar-refractivity contribution in [1.82, 2.24) is 10.2 Å². The lowest BCUT2D eigenvalue weighted by atomic mass is 10.1. The summed E-state index contributed by atoms with van der Waals surface area (Å²) in [5, 5.41) is 5.39. The summed E-state index contributed by atoms with van der Waals surface area (Å²) in [5.41, 5.74) is 2.79. The van der Waals surface area contributed by atoms with Crippen molar-refractivity contribution in [1.29, 1.82) is 0 Å². The van der Waals surface area contributed by atoms with Crippen molar-refractivity contribution >= 4 is 11.3 Å². The van der Waals surface area contributed by atoms with E-state index in [1.807, 2.05) is 18.4 Å². The predicted molar refractivity (Wildman–Crippen MR) is 83.4 cm³/mol. The van der Waals surface area contributed by atoms with E-state index < -0.39 is 0 Å². The summed E-state index contributed by atoms with van der Waals surface area (Å²) >= 11 is 1.83. The first-order chi connectivity index (χ1) is 9.22. The molecule has 19 heavy (non-hydrogen) atoms. The van der Waals surface area contributed by atoms with E-state index in [0.29, 0.717) is 6.04 Å². The molecule has 2 rings (SSSR count). The standard InChI is InChI=1S/C16H22N2S/c1-13(16-9-6-10-19-16)18(3)12-15-8-5-4-7-14(15)11-17-2/h4-10,13,17H,11-12H2,1-3H3. The molecule has 2 aromatic rings. The number of thiophene rings is 1. The molecule has 0 aliphatic heterocycles. The zero-order valence-corrected chi connectivity index (χ0v) is 12.7. The number of nitrogens with one attached hydrogen (secondary N) is 1. The van der Waals surface area contributed by atoms with Crippen LogP contribution in [0.1, 0.15) is 29.0 Å². The number of hydrogen-bond acceptors (Lipinski definition) is 3. The van der Waals surface area contributed by atoms with E-state index in [2.05, 4.69) is 66.0 Å². The Morgan fingerprint density at radius 3 is 2.53 bits per heavy atom. The monoisotopic (exact) mass is 274 g/mol. The topological polar surface area (TPSA) is 15.3 Å². The van der Waals surface area contributed by atoms with Crippen LogP contribution in [-0.4, -0.2) is 19.0 Å². The van der Waals surface area contributed by atoms with Crippen molar-refractivity contribution in [2.24, 2.45) is 0 Å². The minimum absolute atomic E-state index is 0.461. The molecule has 0 radical (unpaired) electrons. The molecule has 2 nitrogen and oxygen atoms in total. The fourth-order valence-corrected chi connectivity index (χ4v) is 3.07. The van der Waals surface area contributed by atoms with Crippen LogP contribution in [0, 0.1) is 0 Å². The molecule has 102 valence electrons. The molecular weight excluding hydrogens is 252 g/mol. The summed E-state index contributed by atoms with van der Waals surface area (Å²) in [6.45, 7) is 4.18. The highest BCUT2D eigenvalue weighted by Crippen LogP contribution is 2.25. The molecule has 0 aliphatic rings. The molecule has 0 saturated carbocycles. The zero-order chi connectivity index (χ0) is 13.7. The molecule has 1 unspecified atom stereocenters. The van der Waals surface area contributed by atoms with Crippen molar-refractivity contribution in [2.75, 3.05) is 14.1 Å². The molecule has 1 atom stereocenters. The van der Waals surface area contributed by atoms with Crippen LogP contribution in [0.3, 0.4) is 0 Å². The average Bonchev–Trinajstić information content (AvgIpc) is 2.94. The Morgan fingerprint density at radius 2 is 1.89 bits per heavy atom. The van der Waals surface area contributed by atoms with Gasteiger partial charge in [0, 0.05) is 24.0 Å². The molecule has 0 spiro atoms. The highest BCUT2D eigenvalue weighted by molar-refractivity contribution is 7.10. The summed E-state index contributed by atoms with van der Waals surface area (Å²) in [6.07, 6.45) is 0. The fourth-order valence-electron chi connectivity index (χ4n) is 2.23. The van der Waals surface area contributed by atoms with Gasteiger partial charge in [0.05, 0.1) is 0 Å². The second-order valence-corrected chi connectivity index (χ2v) is 5.88. The van der Waals surface area contributed by atoms with E-state index in [1.165, 1.54) is 16.0 Å². The van der Waals surface area contributed by atoms with Gasteiger partial charge < -0.3 is 5.32 Å².